The van der Waals surface area contributed by atoms with Crippen LogP contribution < -0.4 is 4.90 Å². The molecule has 1 aliphatic heterocycles. The summed E-state index contributed by atoms with van der Waals surface area (Å²) < 4.78 is 0. The lowest BCUT2D eigenvalue weighted by Crippen LogP contribution is -3.14. The lowest BCUT2D eigenvalue weighted by atomic mass is 9.79. The summed E-state index contributed by atoms with van der Waals surface area (Å²) in [5.74, 6) is 1.58. The largest absolute Gasteiger partial charge is 0.335 e. The van der Waals surface area contributed by atoms with Crippen LogP contribution in [-0.2, 0) is 0 Å². The van der Waals surface area contributed by atoms with Crippen LogP contribution in [0.4, 0.5) is 0 Å². The second kappa shape index (κ2) is 4.36. The summed E-state index contributed by atoms with van der Waals surface area (Å²) >= 11 is 0. The van der Waals surface area contributed by atoms with Crippen LogP contribution in [-0.4, -0.2) is 19.6 Å². The van der Waals surface area contributed by atoms with Crippen molar-refractivity contribution in [2.24, 2.45) is 5.92 Å². The minimum Gasteiger partial charge on any atom is -0.335 e. The van der Waals surface area contributed by atoms with Gasteiger partial charge in [0.2, 0.25) is 0 Å². The van der Waals surface area contributed by atoms with Crippen molar-refractivity contribution in [2.75, 3.05) is 13.6 Å². The van der Waals surface area contributed by atoms with E-state index in [-0.39, 0.29) is 0 Å². The summed E-state index contributed by atoms with van der Waals surface area (Å²) in [6.07, 6.45) is 1.33. The fourth-order valence-electron chi connectivity index (χ4n) is 2.83. The van der Waals surface area contributed by atoms with Crippen molar-refractivity contribution in [3.8, 4) is 0 Å². The van der Waals surface area contributed by atoms with Gasteiger partial charge in [0.05, 0.1) is 19.6 Å². The third-order valence-corrected chi connectivity index (χ3v) is 4.01. The molecule has 0 amide bonds. The minimum absolute atomic E-state index is 0.768. The van der Waals surface area contributed by atoms with Crippen LogP contribution in [0.3, 0.4) is 0 Å². The van der Waals surface area contributed by atoms with Crippen LogP contribution in [0.25, 0.3) is 0 Å². The monoisotopic (exact) mass is 204 g/mol. The Morgan fingerprint density at radius 1 is 1.13 bits per heavy atom. The van der Waals surface area contributed by atoms with Gasteiger partial charge in [-0.3, -0.25) is 0 Å². The second-order valence-electron chi connectivity index (χ2n) is 5.18. The highest BCUT2D eigenvalue weighted by atomic mass is 15.1. The number of rotatable bonds is 1. The van der Waals surface area contributed by atoms with Gasteiger partial charge in [-0.05, 0) is 18.4 Å². The highest BCUT2D eigenvalue weighted by Gasteiger charge is 2.32. The Kier molecular flexibility index (Phi) is 3.11. The SMILES string of the molecule is C[C@@H]1C[NH+](C)[C@H](C)C[C@@H]1c1ccccc1. The molecule has 0 radical (unpaired) electrons. The van der Waals surface area contributed by atoms with E-state index in [9.17, 15) is 0 Å². The van der Waals surface area contributed by atoms with Crippen molar-refractivity contribution in [1.82, 2.24) is 0 Å². The molecule has 1 saturated heterocycles. The zero-order chi connectivity index (χ0) is 10.8. The standard InChI is InChI=1S/C14H21N/c1-11-10-15(3)12(2)9-14(11)13-7-5-4-6-8-13/h4-8,11-12,14H,9-10H2,1-3H3/p+1/t11-,12-,14+/m1/s1. The van der Waals surface area contributed by atoms with E-state index in [0.717, 1.165) is 17.9 Å². The van der Waals surface area contributed by atoms with Crippen LogP contribution in [0.5, 0.6) is 0 Å². The first kappa shape index (κ1) is 10.7. The fraction of sp³-hybridized carbons (Fsp3) is 0.571. The smallest absolute Gasteiger partial charge is 0.0850 e. The second-order valence-corrected chi connectivity index (χ2v) is 5.18. The zero-order valence-corrected chi connectivity index (χ0v) is 10.0. The van der Waals surface area contributed by atoms with E-state index in [1.807, 2.05) is 0 Å². The molecule has 82 valence electrons. The van der Waals surface area contributed by atoms with E-state index in [2.05, 4.69) is 51.2 Å². The quantitative estimate of drug-likeness (QED) is 0.710. The molecule has 1 aromatic carbocycles. The summed E-state index contributed by atoms with van der Waals surface area (Å²) in [6, 6.07) is 11.8. The number of hydrogen-bond acceptors (Lipinski definition) is 0. The van der Waals surface area contributed by atoms with Gasteiger partial charge in [-0.2, -0.15) is 0 Å². The number of piperidine rings is 1. The van der Waals surface area contributed by atoms with E-state index in [4.69, 9.17) is 0 Å². The van der Waals surface area contributed by atoms with Gasteiger partial charge in [-0.15, -0.1) is 0 Å². The van der Waals surface area contributed by atoms with Crippen LogP contribution >= 0.6 is 0 Å². The molecule has 15 heavy (non-hydrogen) atoms. The van der Waals surface area contributed by atoms with E-state index in [0.29, 0.717) is 0 Å². The normalized spacial score (nSPS) is 36.5. The Hall–Kier alpha value is -0.820. The molecule has 1 aliphatic rings. The predicted octanol–water partition coefficient (Wildman–Crippen LogP) is 1.71. The third-order valence-electron chi connectivity index (χ3n) is 4.01. The van der Waals surface area contributed by atoms with Gasteiger partial charge in [-0.25, -0.2) is 0 Å². The Morgan fingerprint density at radius 2 is 1.80 bits per heavy atom. The Morgan fingerprint density at radius 3 is 2.47 bits per heavy atom. The Balaban J connectivity index is 2.16. The third kappa shape index (κ3) is 2.23. The number of quaternary nitrogens is 1. The topological polar surface area (TPSA) is 4.44 Å². The maximum atomic E-state index is 2.40. The summed E-state index contributed by atoms with van der Waals surface area (Å²) in [4.78, 5) is 1.69. The van der Waals surface area contributed by atoms with Gasteiger partial charge >= 0.3 is 0 Å². The van der Waals surface area contributed by atoms with Crippen molar-refractivity contribution in [3.05, 3.63) is 35.9 Å². The predicted molar refractivity (Wildman–Crippen MR) is 64.2 cm³/mol. The van der Waals surface area contributed by atoms with E-state index >= 15 is 0 Å². The molecule has 1 fully saturated rings. The molecule has 0 saturated carbocycles. The van der Waals surface area contributed by atoms with Gasteiger partial charge in [0, 0.05) is 12.3 Å². The molecule has 4 atom stereocenters. The molecule has 1 N–H and O–H groups in total. The van der Waals surface area contributed by atoms with Gasteiger partial charge in [0.15, 0.2) is 0 Å². The van der Waals surface area contributed by atoms with Crippen LogP contribution in [0.1, 0.15) is 31.7 Å². The fourth-order valence-corrected chi connectivity index (χ4v) is 2.83. The van der Waals surface area contributed by atoms with Crippen LogP contribution in [0, 0.1) is 5.92 Å². The maximum Gasteiger partial charge on any atom is 0.0850 e. The van der Waals surface area contributed by atoms with Crippen molar-refractivity contribution in [3.63, 3.8) is 0 Å². The maximum absolute atomic E-state index is 2.40. The zero-order valence-electron chi connectivity index (χ0n) is 10.0. The summed E-state index contributed by atoms with van der Waals surface area (Å²) in [6.45, 7) is 6.07. The lowest BCUT2D eigenvalue weighted by molar-refractivity contribution is -0.913. The molecule has 1 heterocycles. The molecule has 0 aromatic heterocycles. The Bertz CT molecular complexity index is 306. The van der Waals surface area contributed by atoms with Gasteiger partial charge < -0.3 is 4.90 Å². The van der Waals surface area contributed by atoms with Crippen molar-refractivity contribution in [1.29, 1.82) is 0 Å². The molecular formula is C14H22N+. The molecule has 0 bridgehead atoms. The van der Waals surface area contributed by atoms with Gasteiger partial charge in [0.1, 0.15) is 0 Å². The van der Waals surface area contributed by atoms with E-state index in [1.54, 1.807) is 4.90 Å². The highest BCUT2D eigenvalue weighted by Crippen LogP contribution is 2.30. The molecular weight excluding hydrogens is 182 g/mol. The molecule has 1 aromatic rings. The lowest BCUT2D eigenvalue weighted by Gasteiger charge is -2.37. The number of nitrogens with one attached hydrogen (secondary N) is 1. The number of benzene rings is 1. The summed E-state index contributed by atoms with van der Waals surface area (Å²) in [7, 11) is 2.32. The first-order chi connectivity index (χ1) is 7.18. The highest BCUT2D eigenvalue weighted by molar-refractivity contribution is 5.20. The van der Waals surface area contributed by atoms with Crippen LogP contribution in [0.15, 0.2) is 30.3 Å². The molecule has 1 unspecified atom stereocenters. The Labute approximate surface area is 93.1 Å². The molecule has 1 nitrogen and oxygen atoms in total. The van der Waals surface area contributed by atoms with E-state index in [1.165, 1.54) is 18.5 Å². The first-order valence-corrected chi connectivity index (χ1v) is 6.05. The average Bonchev–Trinajstić information content (AvgIpc) is 2.25. The molecule has 2 rings (SSSR count). The van der Waals surface area contributed by atoms with Crippen LogP contribution in [0.2, 0.25) is 0 Å². The van der Waals surface area contributed by atoms with Crippen molar-refractivity contribution >= 4 is 0 Å². The van der Waals surface area contributed by atoms with Crippen molar-refractivity contribution < 1.29 is 4.90 Å². The number of likely N-dealkylation sites (tertiary alicyclic amines) is 1. The molecule has 0 spiro atoms. The summed E-state index contributed by atoms with van der Waals surface area (Å²) in [5.41, 5.74) is 1.53. The first-order valence-electron chi connectivity index (χ1n) is 6.05. The molecule has 1 heteroatoms. The molecule has 0 aliphatic carbocycles. The number of hydrogen-bond donors (Lipinski definition) is 1. The van der Waals surface area contributed by atoms with Crippen molar-refractivity contribution in [2.45, 2.75) is 32.2 Å². The van der Waals surface area contributed by atoms with E-state index < -0.39 is 0 Å². The van der Waals surface area contributed by atoms with Gasteiger partial charge in [-0.1, -0.05) is 37.3 Å². The minimum atomic E-state index is 0.768. The average molecular weight is 204 g/mol. The van der Waals surface area contributed by atoms with Gasteiger partial charge in [0.25, 0.3) is 0 Å². The summed E-state index contributed by atoms with van der Waals surface area (Å²) in [5, 5.41) is 0.